The van der Waals surface area contributed by atoms with E-state index in [0.29, 0.717) is 5.56 Å². The molecule has 0 unspecified atom stereocenters. The summed E-state index contributed by atoms with van der Waals surface area (Å²) in [7, 11) is 0. The Hall–Kier alpha value is -1.45. The Bertz CT molecular complexity index is 386. The molecule has 15 heavy (non-hydrogen) atoms. The average Bonchev–Trinajstić information content (AvgIpc) is 2.12. The maximum absolute atomic E-state index is 12.9. The first-order chi connectivity index (χ1) is 6.84. The zero-order chi connectivity index (χ0) is 11.6. The molecule has 0 bridgehead atoms. The molecule has 0 saturated carbocycles. The fourth-order valence-corrected chi connectivity index (χ4v) is 1.32. The Labute approximate surface area is 86.5 Å². The first-order valence-corrected chi connectivity index (χ1v) is 4.51. The smallest absolute Gasteiger partial charge is 0.374 e. The van der Waals surface area contributed by atoms with Crippen molar-refractivity contribution in [3.05, 3.63) is 34.9 Å². The minimum atomic E-state index is -3.70. The lowest BCUT2D eigenvalue weighted by atomic mass is 9.98. The Morgan fingerprint density at radius 2 is 2.00 bits per heavy atom. The van der Waals surface area contributed by atoms with Crippen LogP contribution >= 0.6 is 0 Å². The summed E-state index contributed by atoms with van der Waals surface area (Å²) in [5.41, 5.74) is 1.98. The van der Waals surface area contributed by atoms with Gasteiger partial charge in [0, 0.05) is 6.42 Å². The Balaban J connectivity index is 3.00. The molecule has 82 valence electrons. The molecule has 0 heterocycles. The number of aliphatic carboxylic acids is 1. The Morgan fingerprint density at radius 3 is 2.53 bits per heavy atom. The highest BCUT2D eigenvalue weighted by Gasteiger charge is 2.39. The molecule has 4 heteroatoms. The van der Waals surface area contributed by atoms with Crippen LogP contribution in [0.4, 0.5) is 8.78 Å². The lowest BCUT2D eigenvalue weighted by Gasteiger charge is -2.13. The first-order valence-electron chi connectivity index (χ1n) is 4.51. The summed E-state index contributed by atoms with van der Waals surface area (Å²) in [6, 6.07) is 4.98. The molecule has 2 nitrogen and oxygen atoms in total. The van der Waals surface area contributed by atoms with Crippen molar-refractivity contribution in [2.45, 2.75) is 26.2 Å². The number of carboxylic acid groups (broad SMARTS) is 1. The molecule has 1 rings (SSSR count). The van der Waals surface area contributed by atoms with Crippen molar-refractivity contribution in [1.29, 1.82) is 0 Å². The average molecular weight is 214 g/mol. The van der Waals surface area contributed by atoms with Crippen molar-refractivity contribution in [2.24, 2.45) is 0 Å². The summed E-state index contributed by atoms with van der Waals surface area (Å²) in [4.78, 5) is 10.3. The maximum atomic E-state index is 12.9. The molecule has 0 aliphatic rings. The van der Waals surface area contributed by atoms with Gasteiger partial charge in [-0.15, -0.1) is 0 Å². The third-order valence-corrected chi connectivity index (χ3v) is 2.44. The number of benzene rings is 1. The summed E-state index contributed by atoms with van der Waals surface area (Å²) in [6.45, 7) is 3.51. The van der Waals surface area contributed by atoms with E-state index in [2.05, 4.69) is 0 Å². The van der Waals surface area contributed by atoms with E-state index in [1.165, 1.54) is 6.07 Å². The van der Waals surface area contributed by atoms with Crippen molar-refractivity contribution >= 4 is 5.97 Å². The molecule has 0 aliphatic heterocycles. The maximum Gasteiger partial charge on any atom is 0.374 e. The normalized spacial score (nSPS) is 11.5. The molecule has 0 aliphatic carbocycles. The van der Waals surface area contributed by atoms with Gasteiger partial charge in [-0.3, -0.25) is 0 Å². The molecular weight excluding hydrogens is 202 g/mol. The molecule has 0 atom stereocenters. The van der Waals surface area contributed by atoms with Gasteiger partial charge in [0.05, 0.1) is 0 Å². The predicted octanol–water partition coefficient (Wildman–Crippen LogP) is 2.57. The quantitative estimate of drug-likeness (QED) is 0.839. The van der Waals surface area contributed by atoms with Gasteiger partial charge in [0.15, 0.2) is 0 Å². The van der Waals surface area contributed by atoms with Gasteiger partial charge in [-0.05, 0) is 30.5 Å². The van der Waals surface area contributed by atoms with Gasteiger partial charge in [0.25, 0.3) is 0 Å². The number of alkyl halides is 2. The third-order valence-electron chi connectivity index (χ3n) is 2.44. The van der Waals surface area contributed by atoms with E-state index in [4.69, 9.17) is 5.11 Å². The van der Waals surface area contributed by atoms with E-state index in [9.17, 15) is 13.6 Å². The summed E-state index contributed by atoms with van der Waals surface area (Å²) in [6.07, 6.45) is -0.754. The molecule has 0 amide bonds. The van der Waals surface area contributed by atoms with E-state index in [1.54, 1.807) is 26.0 Å². The second-order valence-electron chi connectivity index (χ2n) is 3.55. The van der Waals surface area contributed by atoms with Crippen molar-refractivity contribution in [3.8, 4) is 0 Å². The van der Waals surface area contributed by atoms with Crippen LogP contribution in [0.3, 0.4) is 0 Å². The van der Waals surface area contributed by atoms with Gasteiger partial charge >= 0.3 is 11.9 Å². The zero-order valence-corrected chi connectivity index (χ0v) is 8.55. The second-order valence-corrected chi connectivity index (χ2v) is 3.55. The van der Waals surface area contributed by atoms with Crippen LogP contribution in [0.1, 0.15) is 16.7 Å². The van der Waals surface area contributed by atoms with Crippen molar-refractivity contribution in [1.82, 2.24) is 0 Å². The van der Waals surface area contributed by atoms with Crippen LogP contribution in [0, 0.1) is 13.8 Å². The SMILES string of the molecule is Cc1cccc(CC(F)(F)C(=O)O)c1C. The van der Waals surface area contributed by atoms with Crippen LogP contribution in [0.15, 0.2) is 18.2 Å². The molecule has 1 aromatic carbocycles. The summed E-state index contributed by atoms with van der Waals surface area (Å²) in [5, 5.41) is 8.31. The third kappa shape index (κ3) is 2.52. The monoisotopic (exact) mass is 214 g/mol. The molecule has 0 radical (unpaired) electrons. The van der Waals surface area contributed by atoms with Gasteiger partial charge in [-0.1, -0.05) is 18.2 Å². The largest absolute Gasteiger partial charge is 0.477 e. The van der Waals surface area contributed by atoms with Crippen LogP contribution < -0.4 is 0 Å². The number of halogens is 2. The van der Waals surface area contributed by atoms with Crippen molar-refractivity contribution in [2.75, 3.05) is 0 Å². The minimum Gasteiger partial charge on any atom is -0.477 e. The Morgan fingerprint density at radius 1 is 1.40 bits per heavy atom. The lowest BCUT2D eigenvalue weighted by Crippen LogP contribution is -2.31. The second kappa shape index (κ2) is 3.96. The summed E-state index contributed by atoms with van der Waals surface area (Å²) < 4.78 is 25.9. The van der Waals surface area contributed by atoms with Crippen LogP contribution in [-0.2, 0) is 11.2 Å². The number of rotatable bonds is 3. The molecule has 1 aromatic rings. The van der Waals surface area contributed by atoms with E-state index in [1.807, 2.05) is 0 Å². The highest BCUT2D eigenvalue weighted by atomic mass is 19.3. The number of carboxylic acids is 1. The van der Waals surface area contributed by atoms with E-state index in [0.717, 1.165) is 11.1 Å². The zero-order valence-electron chi connectivity index (χ0n) is 8.55. The van der Waals surface area contributed by atoms with Crippen molar-refractivity contribution < 1.29 is 18.7 Å². The highest BCUT2D eigenvalue weighted by molar-refractivity contribution is 5.75. The standard InChI is InChI=1S/C11H12F2O2/c1-7-4-3-5-9(8(7)2)6-11(12,13)10(14)15/h3-5H,6H2,1-2H3,(H,14,15). The fourth-order valence-electron chi connectivity index (χ4n) is 1.32. The summed E-state index contributed by atoms with van der Waals surface area (Å²) in [5.74, 6) is -5.78. The topological polar surface area (TPSA) is 37.3 Å². The van der Waals surface area contributed by atoms with E-state index in [-0.39, 0.29) is 0 Å². The Kier molecular flexibility index (Phi) is 3.07. The van der Waals surface area contributed by atoms with Gasteiger partial charge < -0.3 is 5.11 Å². The molecule has 0 spiro atoms. The van der Waals surface area contributed by atoms with Gasteiger partial charge in [-0.25, -0.2) is 4.79 Å². The fraction of sp³-hybridized carbons (Fsp3) is 0.364. The van der Waals surface area contributed by atoms with Gasteiger partial charge in [0.2, 0.25) is 0 Å². The highest BCUT2D eigenvalue weighted by Crippen LogP contribution is 2.23. The number of hydrogen-bond donors (Lipinski definition) is 1. The van der Waals surface area contributed by atoms with Crippen LogP contribution in [0.25, 0.3) is 0 Å². The molecule has 0 aromatic heterocycles. The molecule has 1 N–H and O–H groups in total. The van der Waals surface area contributed by atoms with Gasteiger partial charge in [0.1, 0.15) is 0 Å². The van der Waals surface area contributed by atoms with E-state index < -0.39 is 18.3 Å². The first kappa shape index (κ1) is 11.6. The van der Waals surface area contributed by atoms with Gasteiger partial charge in [-0.2, -0.15) is 8.78 Å². The van der Waals surface area contributed by atoms with Crippen LogP contribution in [-0.4, -0.2) is 17.0 Å². The number of hydrogen-bond acceptors (Lipinski definition) is 1. The van der Waals surface area contributed by atoms with E-state index >= 15 is 0 Å². The molecule has 0 saturated heterocycles. The van der Waals surface area contributed by atoms with Crippen LogP contribution in [0.5, 0.6) is 0 Å². The summed E-state index contributed by atoms with van der Waals surface area (Å²) >= 11 is 0. The predicted molar refractivity (Wildman–Crippen MR) is 52.2 cm³/mol. The number of carbonyl (C=O) groups is 1. The number of aryl methyl sites for hydroxylation is 1. The molecule has 0 fully saturated rings. The van der Waals surface area contributed by atoms with Crippen molar-refractivity contribution in [3.63, 3.8) is 0 Å². The minimum absolute atomic E-state index is 0.377. The van der Waals surface area contributed by atoms with Crippen LogP contribution in [0.2, 0.25) is 0 Å². The lowest BCUT2D eigenvalue weighted by molar-refractivity contribution is -0.164. The molecular formula is C11H12F2O2.